The zero-order chi connectivity index (χ0) is 18.8. The molecule has 0 heterocycles. The Kier molecular flexibility index (Phi) is 18.6. The highest BCUT2D eigenvalue weighted by molar-refractivity contribution is 5.90. The van der Waals surface area contributed by atoms with Gasteiger partial charge in [0.2, 0.25) is 12.1 Å². The van der Waals surface area contributed by atoms with Gasteiger partial charge >= 0.3 is 5.97 Å². The topological polar surface area (TPSA) is 76.1 Å². The fourth-order valence-electron chi connectivity index (χ4n) is 1.41. The predicted octanol–water partition coefficient (Wildman–Crippen LogP) is 2.90. The number of aliphatic hydroxyl groups is 1. The van der Waals surface area contributed by atoms with Gasteiger partial charge in [-0.1, -0.05) is 46.6 Å². The lowest BCUT2D eigenvalue weighted by Gasteiger charge is -2.20. The summed E-state index contributed by atoms with van der Waals surface area (Å²) in [6.07, 6.45) is 5.99. The summed E-state index contributed by atoms with van der Waals surface area (Å²) in [4.78, 5) is 23.1. The molecule has 0 bridgehead atoms. The van der Waals surface area contributed by atoms with Crippen LogP contribution >= 0.6 is 0 Å². The van der Waals surface area contributed by atoms with E-state index in [-0.39, 0.29) is 6.61 Å². The number of likely N-dealkylation sites (N-methyl/N-ethyl adjacent to an activating group) is 1. The van der Waals surface area contributed by atoms with E-state index in [9.17, 15) is 14.7 Å². The summed E-state index contributed by atoms with van der Waals surface area (Å²) in [6.45, 7) is 11.7. The summed E-state index contributed by atoms with van der Waals surface area (Å²) in [5, 5.41) is 9.37. The van der Waals surface area contributed by atoms with E-state index < -0.39 is 18.1 Å². The first-order valence-electron chi connectivity index (χ1n) is 8.77. The quantitative estimate of drug-likeness (QED) is 0.255. The van der Waals surface area contributed by atoms with Gasteiger partial charge in [-0.3, -0.25) is 4.79 Å². The van der Waals surface area contributed by atoms with E-state index in [0.29, 0.717) is 0 Å². The van der Waals surface area contributed by atoms with Crippen LogP contribution in [0.4, 0.5) is 0 Å². The standard InChI is InChI=1S/C10H17NO4.C8H18O/c1-4-6-7-15-10(14)9(13)11(3)8(12)5-2;1-3-5-7-9-8-6-4-2/h5,9,13H,2,4,6-7H2,1,3H3;3-8H2,1-2H3. The Morgan fingerprint density at radius 3 is 1.92 bits per heavy atom. The second-order valence-electron chi connectivity index (χ2n) is 5.37. The summed E-state index contributed by atoms with van der Waals surface area (Å²) in [5.41, 5.74) is 0. The van der Waals surface area contributed by atoms with E-state index >= 15 is 0 Å². The van der Waals surface area contributed by atoms with Crippen molar-refractivity contribution >= 4 is 11.9 Å². The van der Waals surface area contributed by atoms with Crippen LogP contribution in [0.15, 0.2) is 12.7 Å². The first kappa shape index (κ1) is 24.8. The monoisotopic (exact) mass is 345 g/mol. The molecule has 1 unspecified atom stereocenters. The Labute approximate surface area is 146 Å². The molecule has 1 amide bonds. The Morgan fingerprint density at radius 1 is 1.04 bits per heavy atom. The molecule has 0 spiro atoms. The van der Waals surface area contributed by atoms with Gasteiger partial charge in [0.05, 0.1) is 6.61 Å². The molecule has 0 saturated carbocycles. The van der Waals surface area contributed by atoms with Gasteiger partial charge in [-0.2, -0.15) is 0 Å². The number of esters is 1. The van der Waals surface area contributed by atoms with E-state index in [1.165, 1.54) is 32.7 Å². The molecule has 0 aliphatic rings. The van der Waals surface area contributed by atoms with E-state index in [1.807, 2.05) is 6.92 Å². The van der Waals surface area contributed by atoms with Crippen LogP contribution in [-0.2, 0) is 19.1 Å². The summed E-state index contributed by atoms with van der Waals surface area (Å²) < 4.78 is 10.1. The number of rotatable bonds is 12. The van der Waals surface area contributed by atoms with Gasteiger partial charge in [0.15, 0.2) is 0 Å². The largest absolute Gasteiger partial charge is 0.462 e. The summed E-state index contributed by atoms with van der Waals surface area (Å²) in [6, 6.07) is 0. The van der Waals surface area contributed by atoms with Gasteiger partial charge in [0.25, 0.3) is 0 Å². The molecule has 142 valence electrons. The first-order valence-corrected chi connectivity index (χ1v) is 8.77. The van der Waals surface area contributed by atoms with Gasteiger partial charge in [0, 0.05) is 20.3 Å². The highest BCUT2D eigenvalue weighted by Gasteiger charge is 2.23. The zero-order valence-corrected chi connectivity index (χ0v) is 15.8. The third kappa shape index (κ3) is 14.2. The Morgan fingerprint density at radius 2 is 1.50 bits per heavy atom. The molecule has 1 atom stereocenters. The maximum absolute atomic E-state index is 11.2. The van der Waals surface area contributed by atoms with Crippen molar-refractivity contribution in [3.63, 3.8) is 0 Å². The second kappa shape index (κ2) is 17.9. The second-order valence-corrected chi connectivity index (χ2v) is 5.37. The van der Waals surface area contributed by atoms with Gasteiger partial charge < -0.3 is 19.5 Å². The number of carbonyl (C=O) groups excluding carboxylic acids is 2. The molecule has 0 radical (unpaired) electrons. The number of hydrogen-bond donors (Lipinski definition) is 1. The number of carbonyl (C=O) groups is 2. The van der Waals surface area contributed by atoms with Crippen molar-refractivity contribution in [2.75, 3.05) is 26.9 Å². The summed E-state index contributed by atoms with van der Waals surface area (Å²) in [7, 11) is 1.30. The van der Waals surface area contributed by atoms with Crippen molar-refractivity contribution in [3.8, 4) is 0 Å². The normalized spacial score (nSPS) is 11.0. The van der Waals surface area contributed by atoms with Crippen molar-refractivity contribution < 1.29 is 24.2 Å². The van der Waals surface area contributed by atoms with Gasteiger partial charge in [-0.25, -0.2) is 4.79 Å². The lowest BCUT2D eigenvalue weighted by Crippen LogP contribution is -2.42. The molecule has 0 aliphatic carbocycles. The molecule has 1 N–H and O–H groups in total. The van der Waals surface area contributed by atoms with Crippen LogP contribution in [-0.4, -0.2) is 55.0 Å². The van der Waals surface area contributed by atoms with Gasteiger partial charge in [-0.15, -0.1) is 0 Å². The molecule has 0 aliphatic heterocycles. The average Bonchev–Trinajstić information content (AvgIpc) is 2.60. The maximum atomic E-state index is 11.2. The molecule has 24 heavy (non-hydrogen) atoms. The molecule has 6 nitrogen and oxygen atoms in total. The Hall–Kier alpha value is -1.40. The van der Waals surface area contributed by atoms with Crippen molar-refractivity contribution in [1.29, 1.82) is 0 Å². The van der Waals surface area contributed by atoms with Crippen molar-refractivity contribution in [2.45, 2.75) is 65.5 Å². The van der Waals surface area contributed by atoms with Crippen LogP contribution in [0.3, 0.4) is 0 Å². The zero-order valence-electron chi connectivity index (χ0n) is 15.8. The number of hydrogen-bond acceptors (Lipinski definition) is 5. The maximum Gasteiger partial charge on any atom is 0.356 e. The van der Waals surface area contributed by atoms with Gasteiger partial charge in [0.1, 0.15) is 0 Å². The molecular weight excluding hydrogens is 310 g/mol. The van der Waals surface area contributed by atoms with Crippen LogP contribution in [0.1, 0.15) is 59.3 Å². The van der Waals surface area contributed by atoms with Crippen LogP contribution in [0.5, 0.6) is 0 Å². The van der Waals surface area contributed by atoms with Crippen molar-refractivity contribution in [2.24, 2.45) is 0 Å². The molecule has 0 rings (SSSR count). The lowest BCUT2D eigenvalue weighted by atomic mass is 10.3. The highest BCUT2D eigenvalue weighted by atomic mass is 16.5. The minimum absolute atomic E-state index is 0.252. The van der Waals surface area contributed by atoms with E-state index in [4.69, 9.17) is 9.47 Å². The van der Waals surface area contributed by atoms with Gasteiger partial charge in [-0.05, 0) is 25.3 Å². The molecule has 0 aromatic rings. The first-order chi connectivity index (χ1) is 11.5. The third-order valence-corrected chi connectivity index (χ3v) is 3.13. The van der Waals surface area contributed by atoms with E-state index in [0.717, 1.165) is 37.0 Å². The molecule has 0 fully saturated rings. The van der Waals surface area contributed by atoms with Crippen LogP contribution in [0, 0.1) is 0 Å². The number of unbranched alkanes of at least 4 members (excludes halogenated alkanes) is 3. The highest BCUT2D eigenvalue weighted by Crippen LogP contribution is 1.98. The number of ether oxygens (including phenoxy) is 2. The van der Waals surface area contributed by atoms with E-state index in [1.54, 1.807) is 0 Å². The van der Waals surface area contributed by atoms with Crippen LogP contribution in [0.25, 0.3) is 0 Å². The fraction of sp³-hybridized carbons (Fsp3) is 0.778. The van der Waals surface area contributed by atoms with Crippen LogP contribution < -0.4 is 0 Å². The Bertz CT molecular complexity index is 327. The van der Waals surface area contributed by atoms with Crippen molar-refractivity contribution in [3.05, 3.63) is 12.7 Å². The summed E-state index contributed by atoms with van der Waals surface area (Å²) >= 11 is 0. The molecule has 0 saturated heterocycles. The fourth-order valence-corrected chi connectivity index (χ4v) is 1.41. The predicted molar refractivity (Wildman–Crippen MR) is 95.5 cm³/mol. The minimum Gasteiger partial charge on any atom is -0.462 e. The smallest absolute Gasteiger partial charge is 0.356 e. The average molecular weight is 345 g/mol. The molecular formula is C18H35NO5. The lowest BCUT2D eigenvalue weighted by molar-refractivity contribution is -0.167. The Balaban J connectivity index is 0. The molecule has 0 aromatic heterocycles. The third-order valence-electron chi connectivity index (χ3n) is 3.13. The van der Waals surface area contributed by atoms with Crippen molar-refractivity contribution in [1.82, 2.24) is 4.90 Å². The SMILES string of the molecule is C=CC(=O)N(C)C(O)C(=O)OCCCC.CCCCOCCCC. The van der Waals surface area contributed by atoms with E-state index in [2.05, 4.69) is 20.4 Å². The minimum atomic E-state index is -1.56. The number of nitrogens with zero attached hydrogens (tertiary/aromatic N) is 1. The molecule has 6 heteroatoms. The number of aliphatic hydroxyl groups excluding tert-OH is 1. The molecule has 0 aromatic carbocycles. The summed E-state index contributed by atoms with van der Waals surface area (Å²) in [5.74, 6) is -1.35. The number of amides is 1. The van der Waals surface area contributed by atoms with Crippen LogP contribution in [0.2, 0.25) is 0 Å².